The number of anilines is 1. The Morgan fingerprint density at radius 1 is 0.923 bits per heavy atom. The fourth-order valence-corrected chi connectivity index (χ4v) is 2.89. The van der Waals surface area contributed by atoms with Gasteiger partial charge in [0.05, 0.1) is 0 Å². The number of halogens is 3. The Kier molecular flexibility index (Phi) is 5.78. The highest BCUT2D eigenvalue weighted by Crippen LogP contribution is 2.14. The molecule has 0 aliphatic carbocycles. The van der Waals surface area contributed by atoms with Gasteiger partial charge in [-0.1, -0.05) is 12.1 Å². The molecule has 1 saturated heterocycles. The number of nitrogens with zero attached hydrogens (tertiary/aromatic N) is 2. The van der Waals surface area contributed by atoms with Gasteiger partial charge in [-0.2, -0.15) is 0 Å². The third kappa shape index (κ3) is 4.76. The van der Waals surface area contributed by atoms with Gasteiger partial charge in [0.2, 0.25) is 0 Å². The third-order valence-electron chi connectivity index (χ3n) is 4.46. The highest BCUT2D eigenvalue weighted by atomic mass is 19.2. The number of benzene rings is 2. The van der Waals surface area contributed by atoms with Crippen molar-refractivity contribution in [1.82, 2.24) is 9.80 Å². The lowest BCUT2D eigenvalue weighted by Gasteiger charge is -2.34. The standard InChI is InChI=1S/C19H20F3N3O/c20-15-3-1-14(2-4-15)7-8-24-9-11-25(12-10-24)19(26)23-16-5-6-17(21)18(22)13-16/h1-6,13H,7-12H2,(H,23,26). The second-order valence-corrected chi connectivity index (χ2v) is 6.26. The molecule has 0 bridgehead atoms. The topological polar surface area (TPSA) is 35.6 Å². The fourth-order valence-electron chi connectivity index (χ4n) is 2.89. The number of hydrogen-bond donors (Lipinski definition) is 1. The maximum atomic E-state index is 13.2. The van der Waals surface area contributed by atoms with Gasteiger partial charge in [0.25, 0.3) is 0 Å². The van der Waals surface area contributed by atoms with Crippen molar-refractivity contribution in [2.75, 3.05) is 38.0 Å². The van der Waals surface area contributed by atoms with Crippen LogP contribution >= 0.6 is 0 Å². The van der Waals surface area contributed by atoms with Crippen molar-refractivity contribution in [3.8, 4) is 0 Å². The van der Waals surface area contributed by atoms with Crippen molar-refractivity contribution in [3.63, 3.8) is 0 Å². The van der Waals surface area contributed by atoms with E-state index in [0.29, 0.717) is 13.1 Å². The van der Waals surface area contributed by atoms with Gasteiger partial charge in [-0.3, -0.25) is 4.90 Å². The Morgan fingerprint density at radius 2 is 1.62 bits per heavy atom. The average molecular weight is 363 g/mol. The van der Waals surface area contributed by atoms with E-state index in [1.165, 1.54) is 18.2 Å². The minimum Gasteiger partial charge on any atom is -0.322 e. The lowest BCUT2D eigenvalue weighted by Crippen LogP contribution is -2.50. The summed E-state index contributed by atoms with van der Waals surface area (Å²) in [5, 5.41) is 2.58. The molecular weight excluding hydrogens is 343 g/mol. The van der Waals surface area contributed by atoms with Crippen LogP contribution in [0.4, 0.5) is 23.7 Å². The number of hydrogen-bond acceptors (Lipinski definition) is 2. The summed E-state index contributed by atoms with van der Waals surface area (Å²) >= 11 is 0. The van der Waals surface area contributed by atoms with Gasteiger partial charge in [-0.05, 0) is 36.2 Å². The summed E-state index contributed by atoms with van der Waals surface area (Å²) < 4.78 is 39.0. The van der Waals surface area contributed by atoms with Crippen molar-refractivity contribution in [1.29, 1.82) is 0 Å². The van der Waals surface area contributed by atoms with E-state index in [0.717, 1.165) is 43.8 Å². The molecule has 1 aliphatic rings. The predicted molar refractivity (Wildman–Crippen MR) is 93.5 cm³/mol. The molecule has 0 aromatic heterocycles. The molecule has 0 atom stereocenters. The number of amides is 2. The molecule has 26 heavy (non-hydrogen) atoms. The average Bonchev–Trinajstić information content (AvgIpc) is 2.65. The predicted octanol–water partition coefficient (Wildman–Crippen LogP) is 3.50. The lowest BCUT2D eigenvalue weighted by molar-refractivity contribution is 0.148. The fraction of sp³-hybridized carbons (Fsp3) is 0.316. The molecule has 4 nitrogen and oxygen atoms in total. The van der Waals surface area contributed by atoms with E-state index >= 15 is 0 Å². The third-order valence-corrected chi connectivity index (χ3v) is 4.46. The number of piperazine rings is 1. The summed E-state index contributed by atoms with van der Waals surface area (Å²) in [6, 6.07) is 9.42. The molecule has 1 fully saturated rings. The van der Waals surface area contributed by atoms with E-state index in [-0.39, 0.29) is 17.5 Å². The molecule has 2 aromatic rings. The SMILES string of the molecule is O=C(Nc1ccc(F)c(F)c1)N1CCN(CCc2ccc(F)cc2)CC1. The summed E-state index contributed by atoms with van der Waals surface area (Å²) in [7, 11) is 0. The lowest BCUT2D eigenvalue weighted by atomic mass is 10.1. The van der Waals surface area contributed by atoms with Gasteiger partial charge in [0.1, 0.15) is 5.82 Å². The first-order valence-corrected chi connectivity index (χ1v) is 8.49. The van der Waals surface area contributed by atoms with Gasteiger partial charge >= 0.3 is 6.03 Å². The smallest absolute Gasteiger partial charge is 0.321 e. The quantitative estimate of drug-likeness (QED) is 0.903. The van der Waals surface area contributed by atoms with Crippen molar-refractivity contribution in [3.05, 3.63) is 65.5 Å². The molecule has 138 valence electrons. The van der Waals surface area contributed by atoms with Crippen molar-refractivity contribution < 1.29 is 18.0 Å². The molecule has 7 heteroatoms. The first kappa shape index (κ1) is 18.3. The van der Waals surface area contributed by atoms with Gasteiger partial charge < -0.3 is 10.2 Å². The van der Waals surface area contributed by atoms with Crippen molar-refractivity contribution in [2.45, 2.75) is 6.42 Å². The highest BCUT2D eigenvalue weighted by Gasteiger charge is 2.21. The first-order chi connectivity index (χ1) is 12.5. The summed E-state index contributed by atoms with van der Waals surface area (Å²) in [4.78, 5) is 16.1. The maximum absolute atomic E-state index is 13.2. The van der Waals surface area contributed by atoms with Crippen LogP contribution in [0.15, 0.2) is 42.5 Å². The van der Waals surface area contributed by atoms with Gasteiger partial charge in [-0.25, -0.2) is 18.0 Å². The summed E-state index contributed by atoms with van der Waals surface area (Å²) in [5.41, 5.74) is 1.30. The van der Waals surface area contributed by atoms with Gasteiger partial charge in [-0.15, -0.1) is 0 Å². The highest BCUT2D eigenvalue weighted by molar-refractivity contribution is 5.89. The van der Waals surface area contributed by atoms with Crippen LogP contribution in [0, 0.1) is 17.5 Å². The molecule has 1 aliphatic heterocycles. The second-order valence-electron chi connectivity index (χ2n) is 6.26. The molecule has 0 radical (unpaired) electrons. The molecule has 2 amide bonds. The van der Waals surface area contributed by atoms with E-state index in [2.05, 4.69) is 10.2 Å². The second kappa shape index (κ2) is 8.23. The summed E-state index contributed by atoms with van der Waals surface area (Å²) in [6.45, 7) is 3.40. The normalized spacial score (nSPS) is 15.1. The number of rotatable bonds is 4. The summed E-state index contributed by atoms with van der Waals surface area (Å²) in [6.07, 6.45) is 0.821. The zero-order chi connectivity index (χ0) is 18.5. The maximum Gasteiger partial charge on any atom is 0.321 e. The molecule has 3 rings (SSSR count). The Hall–Kier alpha value is -2.54. The van der Waals surface area contributed by atoms with Crippen molar-refractivity contribution >= 4 is 11.7 Å². The zero-order valence-electron chi connectivity index (χ0n) is 14.2. The molecular formula is C19H20F3N3O. The monoisotopic (exact) mass is 363 g/mol. The van der Waals surface area contributed by atoms with E-state index in [1.54, 1.807) is 17.0 Å². The molecule has 0 spiro atoms. The summed E-state index contributed by atoms with van der Waals surface area (Å²) in [5.74, 6) is -2.18. The number of carbonyl (C=O) groups excluding carboxylic acids is 1. The molecule has 0 unspecified atom stereocenters. The van der Waals surface area contributed by atoms with Gasteiger partial charge in [0, 0.05) is 44.5 Å². The number of urea groups is 1. The van der Waals surface area contributed by atoms with E-state index < -0.39 is 11.6 Å². The largest absolute Gasteiger partial charge is 0.322 e. The van der Waals surface area contributed by atoms with Crippen LogP contribution in [0.5, 0.6) is 0 Å². The van der Waals surface area contributed by atoms with Crippen LogP contribution in [0.3, 0.4) is 0 Å². The minimum absolute atomic E-state index is 0.229. The van der Waals surface area contributed by atoms with Crippen molar-refractivity contribution in [2.24, 2.45) is 0 Å². The number of carbonyl (C=O) groups is 1. The van der Waals surface area contributed by atoms with Crippen LogP contribution in [-0.4, -0.2) is 48.6 Å². The van der Waals surface area contributed by atoms with Crippen LogP contribution in [0.25, 0.3) is 0 Å². The van der Waals surface area contributed by atoms with E-state index in [4.69, 9.17) is 0 Å². The first-order valence-electron chi connectivity index (χ1n) is 8.49. The minimum atomic E-state index is -0.992. The van der Waals surface area contributed by atoms with E-state index in [1.807, 2.05) is 0 Å². The van der Waals surface area contributed by atoms with E-state index in [9.17, 15) is 18.0 Å². The Labute approximate surface area is 150 Å². The van der Waals surface area contributed by atoms with Crippen LogP contribution in [0.1, 0.15) is 5.56 Å². The molecule has 1 N–H and O–H groups in total. The Bertz CT molecular complexity index is 759. The molecule has 2 aromatic carbocycles. The zero-order valence-corrected chi connectivity index (χ0v) is 14.2. The van der Waals surface area contributed by atoms with Crippen LogP contribution in [0.2, 0.25) is 0 Å². The van der Waals surface area contributed by atoms with Crippen LogP contribution < -0.4 is 5.32 Å². The Balaban J connectivity index is 1.44. The molecule has 1 heterocycles. The van der Waals surface area contributed by atoms with Gasteiger partial charge in [0.15, 0.2) is 11.6 Å². The molecule has 0 saturated carbocycles. The number of nitrogens with one attached hydrogen (secondary N) is 1. The van der Waals surface area contributed by atoms with Crippen LogP contribution in [-0.2, 0) is 6.42 Å². The Morgan fingerprint density at radius 3 is 2.27 bits per heavy atom.